The van der Waals surface area contributed by atoms with Gasteiger partial charge in [0.15, 0.2) is 0 Å². The van der Waals surface area contributed by atoms with Crippen LogP contribution >= 0.6 is 0 Å². The predicted molar refractivity (Wildman–Crippen MR) is 67.5 cm³/mol. The minimum Gasteiger partial charge on any atom is -0.477 e. The average Bonchev–Trinajstić information content (AvgIpc) is 2.71. The Balaban J connectivity index is 2.45. The highest BCUT2D eigenvalue weighted by Gasteiger charge is 2.14. The van der Waals surface area contributed by atoms with Crippen molar-refractivity contribution in [2.75, 3.05) is 0 Å². The minimum atomic E-state index is -1.02. The van der Waals surface area contributed by atoms with Crippen molar-refractivity contribution in [3.8, 4) is 11.1 Å². The molecule has 5 heteroatoms. The van der Waals surface area contributed by atoms with Gasteiger partial charge in [0, 0.05) is 30.6 Å². The van der Waals surface area contributed by atoms with E-state index in [1.54, 1.807) is 16.9 Å². The summed E-state index contributed by atoms with van der Waals surface area (Å²) in [5, 5.41) is 13.2. The average molecular weight is 245 g/mol. The van der Waals surface area contributed by atoms with E-state index in [4.69, 9.17) is 5.11 Å². The third-order valence-corrected chi connectivity index (χ3v) is 2.70. The molecular formula is C13H15N3O2. The van der Waals surface area contributed by atoms with E-state index < -0.39 is 5.97 Å². The molecule has 0 aromatic carbocycles. The molecule has 94 valence electrons. The molecule has 18 heavy (non-hydrogen) atoms. The Morgan fingerprint density at radius 3 is 2.61 bits per heavy atom. The number of aryl methyl sites for hydroxylation is 1. The van der Waals surface area contributed by atoms with Crippen molar-refractivity contribution < 1.29 is 9.90 Å². The molecule has 0 unspecified atom stereocenters. The molecule has 2 rings (SSSR count). The van der Waals surface area contributed by atoms with Gasteiger partial charge >= 0.3 is 5.97 Å². The molecule has 0 saturated heterocycles. The summed E-state index contributed by atoms with van der Waals surface area (Å²) < 4.78 is 1.76. The van der Waals surface area contributed by atoms with Crippen molar-refractivity contribution in [2.24, 2.45) is 7.05 Å². The molecule has 0 aliphatic carbocycles. The highest BCUT2D eigenvalue weighted by atomic mass is 16.4. The topological polar surface area (TPSA) is 68.0 Å². The van der Waals surface area contributed by atoms with Crippen LogP contribution in [-0.2, 0) is 7.05 Å². The number of pyridine rings is 1. The first-order chi connectivity index (χ1) is 8.49. The first-order valence-corrected chi connectivity index (χ1v) is 5.72. The molecule has 0 amide bonds. The van der Waals surface area contributed by atoms with Crippen molar-refractivity contribution in [2.45, 2.75) is 19.8 Å². The summed E-state index contributed by atoms with van der Waals surface area (Å²) in [6, 6.07) is 3.27. The van der Waals surface area contributed by atoms with E-state index in [1.165, 1.54) is 6.07 Å². The number of hydrogen-bond acceptors (Lipinski definition) is 3. The van der Waals surface area contributed by atoms with Crippen molar-refractivity contribution in [3.05, 3.63) is 35.9 Å². The Labute approximate surface area is 105 Å². The monoisotopic (exact) mass is 245 g/mol. The Morgan fingerprint density at radius 2 is 2.11 bits per heavy atom. The maximum absolute atomic E-state index is 10.7. The van der Waals surface area contributed by atoms with Gasteiger partial charge in [-0.25, -0.2) is 9.78 Å². The fourth-order valence-corrected chi connectivity index (χ4v) is 1.83. The number of carbonyl (C=O) groups is 1. The molecule has 0 aliphatic heterocycles. The van der Waals surface area contributed by atoms with Gasteiger partial charge in [-0.05, 0) is 12.0 Å². The van der Waals surface area contributed by atoms with Crippen molar-refractivity contribution in [3.63, 3.8) is 0 Å². The number of rotatable bonds is 3. The molecule has 5 nitrogen and oxygen atoms in total. The summed E-state index contributed by atoms with van der Waals surface area (Å²) in [5.41, 5.74) is 2.92. The van der Waals surface area contributed by atoms with Crippen LogP contribution in [0.15, 0.2) is 24.5 Å². The van der Waals surface area contributed by atoms with Crippen molar-refractivity contribution in [1.82, 2.24) is 14.8 Å². The second kappa shape index (κ2) is 4.60. The van der Waals surface area contributed by atoms with Crippen LogP contribution in [0.2, 0.25) is 0 Å². The highest BCUT2D eigenvalue weighted by Crippen LogP contribution is 2.27. The lowest BCUT2D eigenvalue weighted by molar-refractivity contribution is 0.0690. The Kier molecular flexibility index (Phi) is 3.14. The van der Waals surface area contributed by atoms with Gasteiger partial charge in [-0.3, -0.25) is 4.68 Å². The van der Waals surface area contributed by atoms with E-state index in [9.17, 15) is 4.79 Å². The van der Waals surface area contributed by atoms with Gasteiger partial charge in [0.1, 0.15) is 5.69 Å². The molecule has 0 aliphatic rings. The first-order valence-electron chi connectivity index (χ1n) is 5.72. The second-order valence-electron chi connectivity index (χ2n) is 4.49. The highest BCUT2D eigenvalue weighted by molar-refractivity contribution is 5.85. The third kappa shape index (κ3) is 2.25. The first kappa shape index (κ1) is 12.3. The maximum Gasteiger partial charge on any atom is 0.354 e. The Bertz CT molecular complexity index is 570. The van der Waals surface area contributed by atoms with Gasteiger partial charge in [-0.2, -0.15) is 5.10 Å². The number of hydrogen-bond donors (Lipinski definition) is 1. The van der Waals surface area contributed by atoms with Gasteiger partial charge in [0.25, 0.3) is 0 Å². The van der Waals surface area contributed by atoms with E-state index in [-0.39, 0.29) is 5.69 Å². The van der Waals surface area contributed by atoms with E-state index in [2.05, 4.69) is 23.9 Å². The fourth-order valence-electron chi connectivity index (χ4n) is 1.83. The molecule has 1 N–H and O–H groups in total. The van der Waals surface area contributed by atoms with Gasteiger partial charge in [0.05, 0.1) is 5.69 Å². The zero-order valence-corrected chi connectivity index (χ0v) is 10.6. The molecular weight excluding hydrogens is 230 g/mol. The summed E-state index contributed by atoms with van der Waals surface area (Å²) in [7, 11) is 1.87. The molecule has 0 spiro atoms. The van der Waals surface area contributed by atoms with Gasteiger partial charge < -0.3 is 5.11 Å². The van der Waals surface area contributed by atoms with Gasteiger partial charge in [-0.1, -0.05) is 19.9 Å². The lowest BCUT2D eigenvalue weighted by Gasteiger charge is -2.05. The largest absolute Gasteiger partial charge is 0.477 e. The summed E-state index contributed by atoms with van der Waals surface area (Å²) in [6.07, 6.45) is 3.50. The summed E-state index contributed by atoms with van der Waals surface area (Å²) in [5.74, 6) is -0.711. The third-order valence-electron chi connectivity index (χ3n) is 2.70. The number of aromatic nitrogens is 3. The van der Waals surface area contributed by atoms with Crippen LogP contribution in [0.25, 0.3) is 11.1 Å². The standard InChI is InChI=1S/C13H15N3O2/c1-8(2)12-10(7-16(3)15-12)9-4-5-11(13(17)18)14-6-9/h4-8H,1-3H3,(H,17,18). The van der Waals surface area contributed by atoms with Crippen LogP contribution in [0.1, 0.15) is 35.9 Å². The van der Waals surface area contributed by atoms with Crippen LogP contribution in [0, 0.1) is 0 Å². The Morgan fingerprint density at radius 1 is 1.39 bits per heavy atom. The number of nitrogens with zero attached hydrogens (tertiary/aromatic N) is 3. The number of aromatic carboxylic acids is 1. The lowest BCUT2D eigenvalue weighted by Crippen LogP contribution is -1.99. The normalized spacial score (nSPS) is 10.9. The minimum absolute atomic E-state index is 0.0498. The number of carboxylic acids is 1. The van der Waals surface area contributed by atoms with Crippen molar-refractivity contribution >= 4 is 5.97 Å². The summed E-state index contributed by atoms with van der Waals surface area (Å²) >= 11 is 0. The second-order valence-corrected chi connectivity index (χ2v) is 4.49. The summed E-state index contributed by atoms with van der Waals surface area (Å²) in [6.45, 7) is 4.15. The van der Waals surface area contributed by atoms with Crippen LogP contribution < -0.4 is 0 Å². The molecule has 2 aromatic rings. The van der Waals surface area contributed by atoms with E-state index in [1.807, 2.05) is 13.2 Å². The van der Waals surface area contributed by atoms with Crippen LogP contribution in [-0.4, -0.2) is 25.8 Å². The van der Waals surface area contributed by atoms with E-state index in [0.29, 0.717) is 5.92 Å². The quantitative estimate of drug-likeness (QED) is 0.900. The number of carboxylic acid groups (broad SMARTS) is 1. The molecule has 0 radical (unpaired) electrons. The molecule has 2 heterocycles. The maximum atomic E-state index is 10.7. The van der Waals surface area contributed by atoms with Crippen molar-refractivity contribution in [1.29, 1.82) is 0 Å². The van der Waals surface area contributed by atoms with Gasteiger partial charge in [-0.15, -0.1) is 0 Å². The zero-order chi connectivity index (χ0) is 13.3. The van der Waals surface area contributed by atoms with E-state index in [0.717, 1.165) is 16.8 Å². The molecule has 0 atom stereocenters. The fraction of sp³-hybridized carbons (Fsp3) is 0.308. The SMILES string of the molecule is CC(C)c1nn(C)cc1-c1ccc(C(=O)O)nc1. The predicted octanol–water partition coefficient (Wildman–Crippen LogP) is 2.30. The van der Waals surface area contributed by atoms with Crippen LogP contribution in [0.3, 0.4) is 0 Å². The summed E-state index contributed by atoms with van der Waals surface area (Å²) in [4.78, 5) is 14.7. The molecule has 0 saturated carbocycles. The zero-order valence-electron chi connectivity index (χ0n) is 10.6. The molecule has 2 aromatic heterocycles. The molecule has 0 fully saturated rings. The van der Waals surface area contributed by atoms with E-state index >= 15 is 0 Å². The van der Waals surface area contributed by atoms with Crippen LogP contribution in [0.4, 0.5) is 0 Å². The molecule has 0 bridgehead atoms. The lowest BCUT2D eigenvalue weighted by atomic mass is 10.0. The smallest absolute Gasteiger partial charge is 0.354 e. The van der Waals surface area contributed by atoms with Crippen LogP contribution in [0.5, 0.6) is 0 Å². The van der Waals surface area contributed by atoms with Gasteiger partial charge in [0.2, 0.25) is 0 Å². The Hall–Kier alpha value is -2.17.